The first kappa shape index (κ1) is 16.9. The van der Waals surface area contributed by atoms with Crippen LogP contribution in [0, 0.1) is 0 Å². The third-order valence-corrected chi connectivity index (χ3v) is 2.97. The third kappa shape index (κ3) is 4.44. The number of anilines is 1. The van der Waals surface area contributed by atoms with Crippen LogP contribution in [0.15, 0.2) is 18.2 Å². The van der Waals surface area contributed by atoms with Gasteiger partial charge >= 0.3 is 0 Å². The number of methoxy groups -OCH3 is 2. The number of ketones is 1. The number of hydrogen-bond acceptors (Lipinski definition) is 6. The molecule has 1 rings (SSSR count). The Labute approximate surface area is 123 Å². The number of amides is 1. The van der Waals surface area contributed by atoms with Crippen molar-refractivity contribution in [3.8, 4) is 11.5 Å². The van der Waals surface area contributed by atoms with Gasteiger partial charge in [-0.15, -0.1) is 0 Å². The number of rotatable bonds is 8. The van der Waals surface area contributed by atoms with Crippen molar-refractivity contribution in [3.63, 3.8) is 0 Å². The predicted molar refractivity (Wildman–Crippen MR) is 79.2 cm³/mol. The van der Waals surface area contributed by atoms with E-state index in [1.807, 2.05) is 6.92 Å². The Kier molecular flexibility index (Phi) is 6.64. The minimum absolute atomic E-state index is 0.363. The fourth-order valence-electron chi connectivity index (χ4n) is 1.83. The fourth-order valence-corrected chi connectivity index (χ4v) is 1.83. The summed E-state index contributed by atoms with van der Waals surface area (Å²) in [5, 5.41) is 2.52. The van der Waals surface area contributed by atoms with Crippen molar-refractivity contribution in [1.29, 1.82) is 0 Å². The van der Waals surface area contributed by atoms with Crippen molar-refractivity contribution in [1.82, 2.24) is 5.43 Å². The van der Waals surface area contributed by atoms with E-state index in [-0.39, 0.29) is 0 Å². The van der Waals surface area contributed by atoms with E-state index in [0.717, 1.165) is 6.42 Å². The molecule has 0 aliphatic carbocycles. The SMILES string of the molecule is CCCC(NN)C(=O)C(=O)Nc1cc(OC)ccc1OC. The normalized spacial score (nSPS) is 11.6. The van der Waals surface area contributed by atoms with Crippen LogP contribution in [0.2, 0.25) is 0 Å². The first-order valence-corrected chi connectivity index (χ1v) is 6.60. The Morgan fingerprint density at radius 3 is 2.52 bits per heavy atom. The van der Waals surface area contributed by atoms with Gasteiger partial charge in [0.15, 0.2) is 0 Å². The lowest BCUT2D eigenvalue weighted by Gasteiger charge is -2.15. The van der Waals surface area contributed by atoms with Crippen LogP contribution in [0.4, 0.5) is 5.69 Å². The zero-order chi connectivity index (χ0) is 15.8. The molecule has 1 unspecified atom stereocenters. The molecule has 0 spiro atoms. The summed E-state index contributed by atoms with van der Waals surface area (Å²) >= 11 is 0. The monoisotopic (exact) mass is 295 g/mol. The molecule has 0 bridgehead atoms. The molecule has 0 heterocycles. The number of hydrazine groups is 1. The Morgan fingerprint density at radius 2 is 2.00 bits per heavy atom. The highest BCUT2D eigenvalue weighted by Crippen LogP contribution is 2.28. The van der Waals surface area contributed by atoms with Crippen LogP contribution in [0.1, 0.15) is 19.8 Å². The molecule has 0 aromatic heterocycles. The van der Waals surface area contributed by atoms with Gasteiger partial charge in [0.25, 0.3) is 5.91 Å². The van der Waals surface area contributed by atoms with Gasteiger partial charge in [-0.3, -0.25) is 15.4 Å². The fraction of sp³-hybridized carbons (Fsp3) is 0.429. The highest BCUT2D eigenvalue weighted by molar-refractivity contribution is 6.42. The van der Waals surface area contributed by atoms with Gasteiger partial charge in [0.05, 0.1) is 25.9 Å². The molecule has 0 saturated heterocycles. The van der Waals surface area contributed by atoms with Crippen LogP contribution in [0.3, 0.4) is 0 Å². The van der Waals surface area contributed by atoms with Gasteiger partial charge in [-0.2, -0.15) is 0 Å². The Balaban J connectivity index is 2.89. The lowest BCUT2D eigenvalue weighted by molar-refractivity contribution is -0.136. The molecule has 21 heavy (non-hydrogen) atoms. The van der Waals surface area contributed by atoms with Crippen LogP contribution >= 0.6 is 0 Å². The number of nitrogens with two attached hydrogens (primary N) is 1. The standard InChI is InChI=1S/C14H21N3O4/c1-4-5-10(17-15)13(18)14(19)16-11-8-9(20-2)6-7-12(11)21-3/h6-8,10,17H,4-5,15H2,1-3H3,(H,16,19). The minimum Gasteiger partial charge on any atom is -0.497 e. The molecule has 0 aliphatic rings. The number of carbonyl (C=O) groups is 2. The van der Waals surface area contributed by atoms with Crippen molar-refractivity contribution >= 4 is 17.4 Å². The van der Waals surface area contributed by atoms with Gasteiger partial charge in [0, 0.05) is 6.07 Å². The van der Waals surface area contributed by atoms with Gasteiger partial charge in [-0.25, -0.2) is 5.43 Å². The Hall–Kier alpha value is -2.12. The number of benzene rings is 1. The third-order valence-electron chi connectivity index (χ3n) is 2.97. The number of nitrogens with one attached hydrogen (secondary N) is 2. The average molecular weight is 295 g/mol. The summed E-state index contributed by atoms with van der Waals surface area (Å²) in [6.45, 7) is 1.90. The van der Waals surface area contributed by atoms with E-state index in [9.17, 15) is 9.59 Å². The molecular formula is C14H21N3O4. The quantitative estimate of drug-likeness (QED) is 0.373. The van der Waals surface area contributed by atoms with Crippen molar-refractivity contribution in [2.45, 2.75) is 25.8 Å². The highest BCUT2D eigenvalue weighted by atomic mass is 16.5. The molecule has 0 aliphatic heterocycles. The van der Waals surface area contributed by atoms with E-state index >= 15 is 0 Å². The number of carbonyl (C=O) groups excluding carboxylic acids is 2. The molecule has 1 atom stereocenters. The van der Waals surface area contributed by atoms with Crippen molar-refractivity contribution < 1.29 is 19.1 Å². The maximum absolute atomic E-state index is 12.0. The van der Waals surface area contributed by atoms with Crippen LogP contribution in [-0.2, 0) is 9.59 Å². The second-order valence-electron chi connectivity index (χ2n) is 4.39. The van der Waals surface area contributed by atoms with Crippen LogP contribution in [0.25, 0.3) is 0 Å². The molecule has 1 amide bonds. The summed E-state index contributed by atoms with van der Waals surface area (Å²) in [6, 6.07) is 4.21. The number of Topliss-reactive ketones (excluding diaryl/α,β-unsaturated/α-hetero) is 1. The first-order valence-electron chi connectivity index (χ1n) is 6.60. The van der Waals surface area contributed by atoms with Gasteiger partial charge in [-0.05, 0) is 18.6 Å². The number of ether oxygens (including phenoxy) is 2. The smallest absolute Gasteiger partial charge is 0.293 e. The first-order chi connectivity index (χ1) is 10.1. The van der Waals surface area contributed by atoms with E-state index < -0.39 is 17.7 Å². The zero-order valence-corrected chi connectivity index (χ0v) is 12.4. The zero-order valence-electron chi connectivity index (χ0n) is 12.4. The molecule has 4 N–H and O–H groups in total. The van der Waals surface area contributed by atoms with Crippen LogP contribution in [-0.4, -0.2) is 32.0 Å². The van der Waals surface area contributed by atoms with E-state index in [1.165, 1.54) is 14.2 Å². The maximum atomic E-state index is 12.0. The number of hydrogen-bond donors (Lipinski definition) is 3. The molecule has 7 nitrogen and oxygen atoms in total. The second kappa shape index (κ2) is 8.23. The Morgan fingerprint density at radius 1 is 1.29 bits per heavy atom. The molecule has 1 aromatic rings. The van der Waals surface area contributed by atoms with E-state index in [1.54, 1.807) is 18.2 Å². The Bertz CT molecular complexity index is 505. The van der Waals surface area contributed by atoms with Gasteiger partial charge < -0.3 is 14.8 Å². The minimum atomic E-state index is -0.752. The lowest BCUT2D eigenvalue weighted by Crippen LogP contribution is -2.46. The molecule has 0 fully saturated rings. The summed E-state index contributed by atoms with van der Waals surface area (Å²) in [5.41, 5.74) is 2.72. The summed E-state index contributed by atoms with van der Waals surface area (Å²) in [6.07, 6.45) is 1.22. The van der Waals surface area contributed by atoms with Crippen molar-refractivity contribution in [3.05, 3.63) is 18.2 Å². The lowest BCUT2D eigenvalue weighted by atomic mass is 10.1. The van der Waals surface area contributed by atoms with Crippen LogP contribution in [0.5, 0.6) is 11.5 Å². The van der Waals surface area contributed by atoms with Gasteiger partial charge in [0.2, 0.25) is 5.78 Å². The van der Waals surface area contributed by atoms with Crippen molar-refractivity contribution in [2.24, 2.45) is 5.84 Å². The highest BCUT2D eigenvalue weighted by Gasteiger charge is 2.24. The van der Waals surface area contributed by atoms with Crippen molar-refractivity contribution in [2.75, 3.05) is 19.5 Å². The molecule has 0 radical (unpaired) electrons. The largest absolute Gasteiger partial charge is 0.497 e. The van der Waals surface area contributed by atoms with Gasteiger partial charge in [-0.1, -0.05) is 13.3 Å². The van der Waals surface area contributed by atoms with Gasteiger partial charge in [0.1, 0.15) is 11.5 Å². The second-order valence-corrected chi connectivity index (χ2v) is 4.39. The topological polar surface area (TPSA) is 103 Å². The summed E-state index contributed by atoms with van der Waals surface area (Å²) in [5.74, 6) is 4.90. The average Bonchev–Trinajstić information content (AvgIpc) is 2.51. The maximum Gasteiger partial charge on any atom is 0.293 e. The molecule has 0 saturated carbocycles. The van der Waals surface area contributed by atoms with Crippen LogP contribution < -0.4 is 26.1 Å². The van der Waals surface area contributed by atoms with E-state index in [0.29, 0.717) is 23.6 Å². The molecule has 7 heteroatoms. The summed E-state index contributed by atoms with van der Waals surface area (Å²) in [7, 11) is 2.98. The molecular weight excluding hydrogens is 274 g/mol. The summed E-state index contributed by atoms with van der Waals surface area (Å²) in [4.78, 5) is 24.0. The van der Waals surface area contributed by atoms with E-state index in [2.05, 4.69) is 10.7 Å². The summed E-state index contributed by atoms with van der Waals surface area (Å²) < 4.78 is 10.2. The van der Waals surface area contributed by atoms with E-state index in [4.69, 9.17) is 15.3 Å². The molecule has 1 aromatic carbocycles. The molecule has 116 valence electrons. The predicted octanol–water partition coefficient (Wildman–Crippen LogP) is 0.843.